The van der Waals surface area contributed by atoms with Crippen molar-refractivity contribution in [3.05, 3.63) is 29.3 Å². The zero-order valence-electron chi connectivity index (χ0n) is 12.1. The second-order valence-electron chi connectivity index (χ2n) is 5.40. The van der Waals surface area contributed by atoms with Crippen molar-refractivity contribution in [1.82, 2.24) is 10.1 Å². The molecule has 1 aromatic carbocycles. The molecule has 1 fully saturated rings. The maximum Gasteiger partial charge on any atom is 0.324 e. The molecule has 2 unspecified atom stereocenters. The molecule has 0 amide bonds. The summed E-state index contributed by atoms with van der Waals surface area (Å²) in [6, 6.07) is 7.97. The molecule has 3 rings (SSSR count). The molecule has 0 saturated carbocycles. The first-order valence-corrected chi connectivity index (χ1v) is 7.42. The van der Waals surface area contributed by atoms with Gasteiger partial charge in [0, 0.05) is 30.8 Å². The van der Waals surface area contributed by atoms with Crippen LogP contribution in [0.3, 0.4) is 0 Å². The van der Waals surface area contributed by atoms with Crippen molar-refractivity contribution in [2.45, 2.75) is 19.4 Å². The first-order valence-electron chi connectivity index (χ1n) is 7.05. The Bertz CT molecular complexity index is 616. The van der Waals surface area contributed by atoms with E-state index in [-0.39, 0.29) is 6.10 Å². The molecule has 2 aromatic rings. The standard InChI is InChI=1S/C15H18ClN3O2/c1-10-6-7-19(9-13(10)20-2)15-17-14(18-21-15)11-4-3-5-12(16)8-11/h3-5,8,10,13H,6-7,9H2,1-2H3. The molecule has 1 aliphatic rings. The number of hydrogen-bond donors (Lipinski definition) is 0. The van der Waals surface area contributed by atoms with Crippen molar-refractivity contribution in [1.29, 1.82) is 0 Å². The molecule has 1 aliphatic heterocycles. The van der Waals surface area contributed by atoms with Crippen LogP contribution in [0.15, 0.2) is 28.8 Å². The fraction of sp³-hybridized carbons (Fsp3) is 0.467. The highest BCUT2D eigenvalue weighted by atomic mass is 35.5. The van der Waals surface area contributed by atoms with Crippen LogP contribution in [0.2, 0.25) is 5.02 Å². The van der Waals surface area contributed by atoms with Crippen molar-refractivity contribution >= 4 is 17.6 Å². The minimum absolute atomic E-state index is 0.195. The number of nitrogens with zero attached hydrogens (tertiary/aromatic N) is 3. The second-order valence-corrected chi connectivity index (χ2v) is 5.83. The third-order valence-corrected chi connectivity index (χ3v) is 4.20. The summed E-state index contributed by atoms with van der Waals surface area (Å²) < 4.78 is 10.9. The molecule has 21 heavy (non-hydrogen) atoms. The minimum atomic E-state index is 0.195. The first-order chi connectivity index (χ1) is 10.2. The number of rotatable bonds is 3. The summed E-state index contributed by atoms with van der Waals surface area (Å²) in [6.45, 7) is 3.88. The molecule has 0 spiro atoms. The molecule has 2 atom stereocenters. The van der Waals surface area contributed by atoms with Gasteiger partial charge in [0.25, 0.3) is 0 Å². The summed E-state index contributed by atoms with van der Waals surface area (Å²) in [5.74, 6) is 1.10. The van der Waals surface area contributed by atoms with Gasteiger partial charge in [-0.3, -0.25) is 0 Å². The zero-order chi connectivity index (χ0) is 14.8. The highest BCUT2D eigenvalue weighted by molar-refractivity contribution is 6.30. The summed E-state index contributed by atoms with van der Waals surface area (Å²) in [5.41, 5.74) is 0.853. The lowest BCUT2D eigenvalue weighted by Gasteiger charge is -2.34. The summed E-state index contributed by atoms with van der Waals surface area (Å²) in [5, 5.41) is 4.70. The lowest BCUT2D eigenvalue weighted by molar-refractivity contribution is 0.0483. The van der Waals surface area contributed by atoms with E-state index in [1.54, 1.807) is 7.11 Å². The SMILES string of the molecule is COC1CN(c2nc(-c3cccc(Cl)c3)no2)CCC1C. The van der Waals surface area contributed by atoms with E-state index in [1.165, 1.54) is 0 Å². The van der Waals surface area contributed by atoms with E-state index in [0.29, 0.717) is 22.8 Å². The molecule has 6 heteroatoms. The third kappa shape index (κ3) is 3.04. The molecule has 1 saturated heterocycles. The fourth-order valence-electron chi connectivity index (χ4n) is 2.60. The second kappa shape index (κ2) is 6.03. The average molecular weight is 308 g/mol. The molecule has 112 valence electrons. The van der Waals surface area contributed by atoms with Gasteiger partial charge in [0.2, 0.25) is 5.82 Å². The topological polar surface area (TPSA) is 51.4 Å². The molecule has 5 nitrogen and oxygen atoms in total. The van der Waals surface area contributed by atoms with E-state index in [1.807, 2.05) is 24.3 Å². The Kier molecular flexibility index (Phi) is 4.12. The van der Waals surface area contributed by atoms with Crippen LogP contribution in [-0.2, 0) is 4.74 Å². The first kappa shape index (κ1) is 14.4. The molecule has 0 N–H and O–H groups in total. The predicted molar refractivity (Wildman–Crippen MR) is 81.5 cm³/mol. The van der Waals surface area contributed by atoms with Crippen molar-refractivity contribution in [3.8, 4) is 11.4 Å². The van der Waals surface area contributed by atoms with Gasteiger partial charge in [-0.15, -0.1) is 0 Å². The highest BCUT2D eigenvalue weighted by Crippen LogP contribution is 2.26. The Morgan fingerprint density at radius 2 is 2.29 bits per heavy atom. The zero-order valence-corrected chi connectivity index (χ0v) is 12.9. The van der Waals surface area contributed by atoms with Crippen molar-refractivity contribution in [3.63, 3.8) is 0 Å². The van der Waals surface area contributed by atoms with Gasteiger partial charge in [-0.2, -0.15) is 4.98 Å². The normalized spacial score (nSPS) is 22.5. The lowest BCUT2D eigenvalue weighted by Crippen LogP contribution is -2.44. The number of anilines is 1. The largest absolute Gasteiger partial charge is 0.379 e. The van der Waals surface area contributed by atoms with Gasteiger partial charge in [0.15, 0.2) is 0 Å². The van der Waals surface area contributed by atoms with Gasteiger partial charge in [0.05, 0.1) is 6.10 Å². The van der Waals surface area contributed by atoms with Gasteiger partial charge in [-0.05, 0) is 24.5 Å². The Morgan fingerprint density at radius 1 is 1.43 bits per heavy atom. The molecule has 1 aromatic heterocycles. The highest BCUT2D eigenvalue weighted by Gasteiger charge is 2.28. The van der Waals surface area contributed by atoms with Crippen LogP contribution in [-0.4, -0.2) is 36.4 Å². The average Bonchev–Trinajstić information content (AvgIpc) is 2.97. The fourth-order valence-corrected chi connectivity index (χ4v) is 2.79. The maximum atomic E-state index is 5.99. The van der Waals surface area contributed by atoms with Gasteiger partial charge in [-0.1, -0.05) is 35.8 Å². The van der Waals surface area contributed by atoms with Crippen molar-refractivity contribution in [2.24, 2.45) is 5.92 Å². The van der Waals surface area contributed by atoms with Gasteiger partial charge in [0.1, 0.15) is 0 Å². The maximum absolute atomic E-state index is 5.99. The molecular formula is C15H18ClN3O2. The summed E-state index contributed by atoms with van der Waals surface area (Å²) in [7, 11) is 1.75. The molecular weight excluding hydrogens is 290 g/mol. The van der Waals surface area contributed by atoms with E-state index >= 15 is 0 Å². The summed E-state index contributed by atoms with van der Waals surface area (Å²) in [6.07, 6.45) is 1.24. The van der Waals surface area contributed by atoms with Crippen LogP contribution in [0, 0.1) is 5.92 Å². The quantitative estimate of drug-likeness (QED) is 0.871. The number of aromatic nitrogens is 2. The van der Waals surface area contributed by atoms with Crippen molar-refractivity contribution in [2.75, 3.05) is 25.1 Å². The van der Waals surface area contributed by atoms with E-state index < -0.39 is 0 Å². The van der Waals surface area contributed by atoms with E-state index in [9.17, 15) is 0 Å². The van der Waals surface area contributed by atoms with Gasteiger partial charge >= 0.3 is 6.01 Å². The third-order valence-electron chi connectivity index (χ3n) is 3.96. The van der Waals surface area contributed by atoms with E-state index in [0.717, 1.165) is 25.1 Å². The van der Waals surface area contributed by atoms with E-state index in [4.69, 9.17) is 20.9 Å². The number of methoxy groups -OCH3 is 1. The number of halogens is 1. The van der Waals surface area contributed by atoms with E-state index in [2.05, 4.69) is 22.0 Å². The van der Waals surface area contributed by atoms with Gasteiger partial charge < -0.3 is 14.2 Å². The van der Waals surface area contributed by atoms with Crippen LogP contribution in [0.25, 0.3) is 11.4 Å². The van der Waals surface area contributed by atoms with Crippen molar-refractivity contribution < 1.29 is 9.26 Å². The number of benzene rings is 1. The minimum Gasteiger partial charge on any atom is -0.379 e. The summed E-state index contributed by atoms with van der Waals surface area (Å²) in [4.78, 5) is 6.55. The smallest absolute Gasteiger partial charge is 0.324 e. The van der Waals surface area contributed by atoms with Crippen LogP contribution in [0.1, 0.15) is 13.3 Å². The Hall–Kier alpha value is -1.59. The molecule has 2 heterocycles. The number of ether oxygens (including phenoxy) is 1. The van der Waals surface area contributed by atoms with Crippen LogP contribution >= 0.6 is 11.6 Å². The predicted octanol–water partition coefficient (Wildman–Crippen LogP) is 3.25. The Balaban J connectivity index is 1.79. The van der Waals surface area contributed by atoms with Crippen LogP contribution in [0.5, 0.6) is 0 Å². The summed E-state index contributed by atoms with van der Waals surface area (Å²) >= 11 is 5.99. The Morgan fingerprint density at radius 3 is 3.05 bits per heavy atom. The van der Waals surface area contributed by atoms with Gasteiger partial charge in [-0.25, -0.2) is 0 Å². The molecule has 0 radical (unpaired) electrons. The molecule has 0 bridgehead atoms. The van der Waals surface area contributed by atoms with Crippen LogP contribution in [0.4, 0.5) is 6.01 Å². The molecule has 0 aliphatic carbocycles. The Labute approximate surface area is 128 Å². The number of hydrogen-bond acceptors (Lipinski definition) is 5. The van der Waals surface area contributed by atoms with Crippen LogP contribution < -0.4 is 4.90 Å². The number of piperidine rings is 1. The lowest BCUT2D eigenvalue weighted by atomic mass is 9.96. The monoisotopic (exact) mass is 307 g/mol.